The van der Waals surface area contributed by atoms with Gasteiger partial charge in [0.1, 0.15) is 11.5 Å². The third-order valence-electron chi connectivity index (χ3n) is 3.34. The van der Waals surface area contributed by atoms with Crippen LogP contribution in [0.3, 0.4) is 0 Å². The van der Waals surface area contributed by atoms with Crippen LogP contribution in [0.1, 0.15) is 18.4 Å². The van der Waals surface area contributed by atoms with Gasteiger partial charge in [0.25, 0.3) is 0 Å². The van der Waals surface area contributed by atoms with Crippen molar-refractivity contribution >= 4 is 11.4 Å². The van der Waals surface area contributed by atoms with Gasteiger partial charge in [-0.1, -0.05) is 17.3 Å². The van der Waals surface area contributed by atoms with E-state index in [1.807, 2.05) is 13.0 Å². The Balaban J connectivity index is 1.91. The van der Waals surface area contributed by atoms with Crippen LogP contribution in [-0.4, -0.2) is 17.7 Å². The Morgan fingerprint density at radius 2 is 2.28 bits per heavy atom. The Kier molecular flexibility index (Phi) is 2.70. The molecule has 0 amide bonds. The standard InChI is InChI=1S/C14H17N3O/c1-10-8-15-13-5-3-4-6-14(13)17(10)9-12-7-11(2)18-16-12/h3-7,10,15H,8-9H2,1-2H3. The zero-order valence-electron chi connectivity index (χ0n) is 10.7. The molecule has 18 heavy (non-hydrogen) atoms. The van der Waals surface area contributed by atoms with Crippen molar-refractivity contribution in [1.29, 1.82) is 0 Å². The lowest BCUT2D eigenvalue weighted by Crippen LogP contribution is -2.41. The molecule has 3 rings (SSSR count). The summed E-state index contributed by atoms with van der Waals surface area (Å²) in [6.45, 7) is 5.88. The molecule has 2 heterocycles. The minimum atomic E-state index is 0.442. The van der Waals surface area contributed by atoms with Crippen molar-refractivity contribution in [2.75, 3.05) is 16.8 Å². The van der Waals surface area contributed by atoms with Crippen molar-refractivity contribution in [2.24, 2.45) is 0 Å². The number of aromatic nitrogens is 1. The maximum Gasteiger partial charge on any atom is 0.133 e. The topological polar surface area (TPSA) is 41.3 Å². The number of benzene rings is 1. The summed E-state index contributed by atoms with van der Waals surface area (Å²) in [5.41, 5.74) is 3.41. The zero-order chi connectivity index (χ0) is 12.5. The Hall–Kier alpha value is -1.97. The molecule has 0 spiro atoms. The number of para-hydroxylation sites is 2. The molecule has 94 valence electrons. The first-order valence-corrected chi connectivity index (χ1v) is 6.26. The summed E-state index contributed by atoms with van der Waals surface area (Å²) in [5.74, 6) is 0.862. The molecule has 1 unspecified atom stereocenters. The molecule has 0 bridgehead atoms. The highest BCUT2D eigenvalue weighted by molar-refractivity contribution is 5.72. The molecule has 0 saturated heterocycles. The first kappa shape index (κ1) is 11.1. The van der Waals surface area contributed by atoms with E-state index in [0.717, 1.165) is 24.5 Å². The summed E-state index contributed by atoms with van der Waals surface area (Å²) >= 11 is 0. The summed E-state index contributed by atoms with van der Waals surface area (Å²) in [7, 11) is 0. The maximum absolute atomic E-state index is 5.14. The second-order valence-electron chi connectivity index (χ2n) is 4.80. The minimum Gasteiger partial charge on any atom is -0.381 e. The normalized spacial score (nSPS) is 18.3. The molecule has 1 atom stereocenters. The smallest absolute Gasteiger partial charge is 0.133 e. The highest BCUT2D eigenvalue weighted by atomic mass is 16.5. The average molecular weight is 243 g/mol. The first-order valence-electron chi connectivity index (χ1n) is 6.26. The highest BCUT2D eigenvalue weighted by Crippen LogP contribution is 2.32. The number of fused-ring (bicyclic) bond motifs is 1. The van der Waals surface area contributed by atoms with Gasteiger partial charge < -0.3 is 14.7 Å². The fourth-order valence-corrected chi connectivity index (χ4v) is 2.39. The van der Waals surface area contributed by atoms with Crippen LogP contribution in [0.25, 0.3) is 0 Å². The van der Waals surface area contributed by atoms with Crippen LogP contribution in [0, 0.1) is 6.92 Å². The molecule has 0 radical (unpaired) electrons. The average Bonchev–Trinajstić information content (AvgIpc) is 2.79. The molecule has 0 aliphatic carbocycles. The largest absolute Gasteiger partial charge is 0.381 e. The van der Waals surface area contributed by atoms with E-state index in [4.69, 9.17) is 4.52 Å². The highest BCUT2D eigenvalue weighted by Gasteiger charge is 2.23. The van der Waals surface area contributed by atoms with Crippen LogP contribution in [0.5, 0.6) is 0 Å². The zero-order valence-corrected chi connectivity index (χ0v) is 10.7. The molecule has 4 heteroatoms. The van der Waals surface area contributed by atoms with Crippen molar-refractivity contribution in [3.8, 4) is 0 Å². The Morgan fingerprint density at radius 3 is 3.06 bits per heavy atom. The third kappa shape index (κ3) is 1.94. The van der Waals surface area contributed by atoms with Crippen LogP contribution >= 0.6 is 0 Å². The van der Waals surface area contributed by atoms with E-state index in [-0.39, 0.29) is 0 Å². The van der Waals surface area contributed by atoms with Crippen molar-refractivity contribution in [3.63, 3.8) is 0 Å². The second-order valence-corrected chi connectivity index (χ2v) is 4.80. The van der Waals surface area contributed by atoms with Crippen molar-refractivity contribution in [2.45, 2.75) is 26.4 Å². The summed E-state index contributed by atoms with van der Waals surface area (Å²) in [5, 5.41) is 7.53. The van der Waals surface area contributed by atoms with Crippen molar-refractivity contribution in [1.82, 2.24) is 5.16 Å². The number of nitrogens with zero attached hydrogens (tertiary/aromatic N) is 2. The molecule has 2 aromatic rings. The van der Waals surface area contributed by atoms with Gasteiger partial charge in [-0.2, -0.15) is 0 Å². The summed E-state index contributed by atoms with van der Waals surface area (Å²) < 4.78 is 5.14. The Labute approximate surface area is 107 Å². The lowest BCUT2D eigenvalue weighted by molar-refractivity contribution is 0.389. The number of aryl methyl sites for hydroxylation is 1. The van der Waals surface area contributed by atoms with E-state index < -0.39 is 0 Å². The van der Waals surface area contributed by atoms with E-state index in [2.05, 4.69) is 46.6 Å². The molecule has 0 saturated carbocycles. The lowest BCUT2D eigenvalue weighted by atomic mass is 10.1. The maximum atomic E-state index is 5.14. The van der Waals surface area contributed by atoms with E-state index in [9.17, 15) is 0 Å². The molecule has 1 aliphatic heterocycles. The molecule has 1 aromatic carbocycles. The molecule has 4 nitrogen and oxygen atoms in total. The molecule has 1 N–H and O–H groups in total. The van der Waals surface area contributed by atoms with Crippen LogP contribution in [0.15, 0.2) is 34.9 Å². The predicted molar refractivity (Wildman–Crippen MR) is 71.8 cm³/mol. The fraction of sp³-hybridized carbons (Fsp3) is 0.357. The molecule has 1 aliphatic rings. The van der Waals surface area contributed by atoms with Crippen LogP contribution < -0.4 is 10.2 Å². The van der Waals surface area contributed by atoms with E-state index >= 15 is 0 Å². The van der Waals surface area contributed by atoms with E-state index in [1.54, 1.807) is 0 Å². The van der Waals surface area contributed by atoms with Crippen LogP contribution in [0.2, 0.25) is 0 Å². The number of hydrogen-bond acceptors (Lipinski definition) is 4. The van der Waals surface area contributed by atoms with Gasteiger partial charge in [0.05, 0.1) is 17.9 Å². The molecular weight excluding hydrogens is 226 g/mol. The van der Waals surface area contributed by atoms with E-state index in [1.165, 1.54) is 11.4 Å². The van der Waals surface area contributed by atoms with Gasteiger partial charge in [-0.3, -0.25) is 0 Å². The van der Waals surface area contributed by atoms with Gasteiger partial charge in [0.15, 0.2) is 0 Å². The minimum absolute atomic E-state index is 0.442. The van der Waals surface area contributed by atoms with Crippen molar-refractivity contribution < 1.29 is 4.52 Å². The Bertz CT molecular complexity index is 549. The van der Waals surface area contributed by atoms with Crippen LogP contribution in [-0.2, 0) is 6.54 Å². The number of nitrogens with one attached hydrogen (secondary N) is 1. The molecular formula is C14H17N3O. The summed E-state index contributed by atoms with van der Waals surface area (Å²) in [6, 6.07) is 10.8. The van der Waals surface area contributed by atoms with Gasteiger partial charge in [-0.25, -0.2) is 0 Å². The third-order valence-corrected chi connectivity index (χ3v) is 3.34. The monoisotopic (exact) mass is 243 g/mol. The molecule has 1 aromatic heterocycles. The quantitative estimate of drug-likeness (QED) is 0.880. The Morgan fingerprint density at radius 1 is 1.44 bits per heavy atom. The van der Waals surface area contributed by atoms with Gasteiger partial charge in [-0.05, 0) is 26.0 Å². The lowest BCUT2D eigenvalue weighted by Gasteiger charge is -2.37. The number of rotatable bonds is 2. The van der Waals surface area contributed by atoms with Gasteiger partial charge in [0.2, 0.25) is 0 Å². The number of hydrogen-bond donors (Lipinski definition) is 1. The summed E-state index contributed by atoms with van der Waals surface area (Å²) in [4.78, 5) is 2.36. The van der Waals surface area contributed by atoms with Gasteiger partial charge >= 0.3 is 0 Å². The number of anilines is 2. The van der Waals surface area contributed by atoms with Crippen molar-refractivity contribution in [3.05, 3.63) is 41.8 Å². The van der Waals surface area contributed by atoms with Gasteiger partial charge in [-0.15, -0.1) is 0 Å². The van der Waals surface area contributed by atoms with E-state index in [0.29, 0.717) is 6.04 Å². The van der Waals surface area contributed by atoms with Crippen LogP contribution in [0.4, 0.5) is 11.4 Å². The van der Waals surface area contributed by atoms with Gasteiger partial charge in [0, 0.05) is 18.7 Å². The fourth-order valence-electron chi connectivity index (χ4n) is 2.39. The second kappa shape index (κ2) is 4.37. The predicted octanol–water partition coefficient (Wildman–Crippen LogP) is 2.80. The molecule has 0 fully saturated rings. The first-order chi connectivity index (χ1) is 8.74. The SMILES string of the molecule is Cc1cc(CN2c3ccccc3NCC2C)no1. The summed E-state index contributed by atoms with van der Waals surface area (Å²) in [6.07, 6.45) is 0.